The quantitative estimate of drug-likeness (QED) is 0.437. The van der Waals surface area contributed by atoms with E-state index in [1.54, 1.807) is 11.0 Å². The topological polar surface area (TPSA) is 49.4 Å². The van der Waals surface area contributed by atoms with E-state index in [-0.39, 0.29) is 17.6 Å². The Balaban J connectivity index is 2.10. The van der Waals surface area contributed by atoms with Crippen molar-refractivity contribution in [3.8, 4) is 0 Å². The number of rotatable bonds is 11. The highest BCUT2D eigenvalue weighted by Gasteiger charge is 2.28. The second-order valence-electron chi connectivity index (χ2n) is 7.46. The zero-order chi connectivity index (χ0) is 22.8. The van der Waals surface area contributed by atoms with Crippen molar-refractivity contribution in [2.75, 3.05) is 12.3 Å². The first-order valence-electron chi connectivity index (χ1n) is 10.5. The Kier molecular flexibility index (Phi) is 10.7. The molecule has 2 aromatic carbocycles. The van der Waals surface area contributed by atoms with Crippen molar-refractivity contribution in [2.45, 2.75) is 52.0 Å². The number of aryl methyl sites for hydroxylation is 1. The van der Waals surface area contributed by atoms with Crippen LogP contribution < -0.4 is 5.32 Å². The van der Waals surface area contributed by atoms with Gasteiger partial charge in [-0.25, -0.2) is 0 Å². The SMILES string of the molecule is CCCNC(=O)[C@H](CC)N(Cc1ccc(C)cc1)C(=O)CSCc1ccc(Cl)c(Cl)c1. The van der Waals surface area contributed by atoms with Gasteiger partial charge < -0.3 is 10.2 Å². The molecule has 0 bridgehead atoms. The summed E-state index contributed by atoms with van der Waals surface area (Å²) in [6.07, 6.45) is 1.41. The normalized spacial score (nSPS) is 11.8. The summed E-state index contributed by atoms with van der Waals surface area (Å²) >= 11 is 13.6. The summed E-state index contributed by atoms with van der Waals surface area (Å²) in [4.78, 5) is 27.6. The summed E-state index contributed by atoms with van der Waals surface area (Å²) in [5.41, 5.74) is 3.17. The van der Waals surface area contributed by atoms with Gasteiger partial charge in [0, 0.05) is 18.8 Å². The van der Waals surface area contributed by atoms with Gasteiger partial charge in [0.1, 0.15) is 6.04 Å². The second-order valence-corrected chi connectivity index (χ2v) is 9.26. The molecule has 0 aromatic heterocycles. The third-order valence-corrected chi connectivity index (χ3v) is 6.61. The standard InChI is InChI=1S/C24H30Cl2N2O2S/c1-4-12-27-24(30)22(5-2)28(14-18-8-6-17(3)7-9-18)23(29)16-31-15-19-10-11-20(25)21(26)13-19/h6-11,13,22H,4-5,12,14-16H2,1-3H3,(H,27,30)/t22-/m0/s1. The van der Waals surface area contributed by atoms with Crippen LogP contribution in [0.15, 0.2) is 42.5 Å². The molecule has 0 saturated heterocycles. The zero-order valence-corrected chi connectivity index (χ0v) is 20.6. The van der Waals surface area contributed by atoms with Gasteiger partial charge in [0.25, 0.3) is 0 Å². The van der Waals surface area contributed by atoms with E-state index in [9.17, 15) is 9.59 Å². The van der Waals surface area contributed by atoms with Crippen LogP contribution in [0.2, 0.25) is 10.0 Å². The van der Waals surface area contributed by atoms with Crippen LogP contribution in [-0.2, 0) is 21.9 Å². The van der Waals surface area contributed by atoms with Crippen molar-refractivity contribution < 1.29 is 9.59 Å². The molecule has 0 fully saturated rings. The van der Waals surface area contributed by atoms with Gasteiger partial charge in [0.05, 0.1) is 15.8 Å². The number of carbonyl (C=O) groups is 2. The zero-order valence-electron chi connectivity index (χ0n) is 18.3. The van der Waals surface area contributed by atoms with E-state index < -0.39 is 6.04 Å². The minimum Gasteiger partial charge on any atom is -0.354 e. The third kappa shape index (κ3) is 8.06. The minimum atomic E-state index is -0.495. The largest absolute Gasteiger partial charge is 0.354 e. The van der Waals surface area contributed by atoms with Crippen LogP contribution >= 0.6 is 35.0 Å². The molecule has 0 aliphatic carbocycles. The summed E-state index contributed by atoms with van der Waals surface area (Å²) in [7, 11) is 0. The molecule has 2 amide bonds. The molecule has 0 heterocycles. The molecule has 31 heavy (non-hydrogen) atoms. The van der Waals surface area contributed by atoms with Gasteiger partial charge >= 0.3 is 0 Å². The van der Waals surface area contributed by atoms with Gasteiger partial charge in [0.2, 0.25) is 11.8 Å². The van der Waals surface area contributed by atoms with Crippen LogP contribution in [0.25, 0.3) is 0 Å². The highest BCUT2D eigenvalue weighted by Crippen LogP contribution is 2.25. The van der Waals surface area contributed by atoms with E-state index in [4.69, 9.17) is 23.2 Å². The molecule has 0 aliphatic rings. The maximum absolute atomic E-state index is 13.2. The van der Waals surface area contributed by atoms with E-state index in [0.29, 0.717) is 35.3 Å². The number of carbonyl (C=O) groups excluding carboxylic acids is 2. The summed E-state index contributed by atoms with van der Waals surface area (Å²) in [6.45, 7) is 6.99. The maximum atomic E-state index is 13.2. The number of hydrogen-bond donors (Lipinski definition) is 1. The first-order valence-corrected chi connectivity index (χ1v) is 12.4. The molecule has 0 saturated carbocycles. The molecule has 4 nitrogen and oxygen atoms in total. The Morgan fingerprint density at radius 1 is 1.03 bits per heavy atom. The molecule has 2 rings (SSSR count). The van der Waals surface area contributed by atoms with Crippen LogP contribution in [0.1, 0.15) is 43.4 Å². The first kappa shape index (κ1) is 25.6. The first-order chi connectivity index (χ1) is 14.8. The Bertz CT molecular complexity index is 874. The predicted molar refractivity (Wildman–Crippen MR) is 132 cm³/mol. The summed E-state index contributed by atoms with van der Waals surface area (Å²) in [6, 6.07) is 13.1. The summed E-state index contributed by atoms with van der Waals surface area (Å²) in [5.74, 6) is 0.771. The number of thioether (sulfide) groups is 1. The van der Waals surface area contributed by atoms with Gasteiger partial charge in [-0.1, -0.05) is 72.9 Å². The Hall–Kier alpha value is -1.69. The Morgan fingerprint density at radius 2 is 1.71 bits per heavy atom. The van der Waals surface area contributed by atoms with Crippen molar-refractivity contribution >= 4 is 46.8 Å². The second kappa shape index (κ2) is 13.0. The van der Waals surface area contributed by atoms with Crippen LogP contribution in [0.3, 0.4) is 0 Å². The predicted octanol–water partition coefficient (Wildman–Crippen LogP) is 5.87. The van der Waals surface area contributed by atoms with Crippen LogP contribution in [0.4, 0.5) is 0 Å². The van der Waals surface area contributed by atoms with E-state index in [1.807, 2.05) is 57.2 Å². The lowest BCUT2D eigenvalue weighted by atomic mass is 10.1. The average Bonchev–Trinajstić information content (AvgIpc) is 2.75. The highest BCUT2D eigenvalue weighted by atomic mass is 35.5. The molecule has 7 heteroatoms. The molecular weight excluding hydrogens is 451 g/mol. The average molecular weight is 481 g/mol. The molecule has 0 spiro atoms. The molecule has 2 aromatic rings. The van der Waals surface area contributed by atoms with Gasteiger partial charge in [-0.2, -0.15) is 0 Å². The molecule has 1 N–H and O–H groups in total. The van der Waals surface area contributed by atoms with Gasteiger partial charge in [-0.3, -0.25) is 9.59 Å². The lowest BCUT2D eigenvalue weighted by Gasteiger charge is -2.30. The minimum absolute atomic E-state index is 0.0517. The lowest BCUT2D eigenvalue weighted by Crippen LogP contribution is -2.49. The van der Waals surface area contributed by atoms with Crippen LogP contribution in [-0.4, -0.2) is 35.1 Å². The fourth-order valence-corrected chi connectivity index (χ4v) is 4.32. The van der Waals surface area contributed by atoms with Crippen molar-refractivity contribution in [3.63, 3.8) is 0 Å². The fourth-order valence-electron chi connectivity index (χ4n) is 3.14. The number of hydrogen-bond acceptors (Lipinski definition) is 3. The number of nitrogens with one attached hydrogen (secondary N) is 1. The van der Waals surface area contributed by atoms with E-state index in [0.717, 1.165) is 23.1 Å². The van der Waals surface area contributed by atoms with E-state index >= 15 is 0 Å². The number of halogens is 2. The third-order valence-electron chi connectivity index (χ3n) is 4.89. The summed E-state index contributed by atoms with van der Waals surface area (Å²) in [5, 5.41) is 3.96. The fraction of sp³-hybridized carbons (Fsp3) is 0.417. The number of amides is 2. The Morgan fingerprint density at radius 3 is 2.32 bits per heavy atom. The van der Waals surface area contributed by atoms with Crippen molar-refractivity contribution in [3.05, 3.63) is 69.2 Å². The van der Waals surface area contributed by atoms with E-state index in [1.165, 1.54) is 11.8 Å². The highest BCUT2D eigenvalue weighted by molar-refractivity contribution is 7.99. The lowest BCUT2D eigenvalue weighted by molar-refractivity contribution is -0.139. The van der Waals surface area contributed by atoms with Gasteiger partial charge in [-0.15, -0.1) is 11.8 Å². The number of benzene rings is 2. The molecule has 0 aliphatic heterocycles. The molecule has 0 unspecified atom stereocenters. The van der Waals surface area contributed by atoms with Gasteiger partial charge in [-0.05, 0) is 43.0 Å². The monoisotopic (exact) mass is 480 g/mol. The van der Waals surface area contributed by atoms with Crippen LogP contribution in [0.5, 0.6) is 0 Å². The molecule has 1 atom stereocenters. The maximum Gasteiger partial charge on any atom is 0.242 e. The molecule has 0 radical (unpaired) electrons. The summed E-state index contributed by atoms with van der Waals surface area (Å²) < 4.78 is 0. The Labute approximate surface area is 199 Å². The van der Waals surface area contributed by atoms with Gasteiger partial charge in [0.15, 0.2) is 0 Å². The van der Waals surface area contributed by atoms with Crippen molar-refractivity contribution in [1.82, 2.24) is 10.2 Å². The smallest absolute Gasteiger partial charge is 0.242 e. The van der Waals surface area contributed by atoms with Crippen LogP contribution in [0, 0.1) is 6.92 Å². The van der Waals surface area contributed by atoms with Crippen molar-refractivity contribution in [2.24, 2.45) is 0 Å². The van der Waals surface area contributed by atoms with Crippen molar-refractivity contribution in [1.29, 1.82) is 0 Å². The number of nitrogens with zero attached hydrogens (tertiary/aromatic N) is 1. The molecular formula is C24H30Cl2N2O2S. The van der Waals surface area contributed by atoms with E-state index in [2.05, 4.69) is 5.32 Å². The molecule has 168 valence electrons.